The van der Waals surface area contributed by atoms with Crippen molar-refractivity contribution in [1.29, 1.82) is 0 Å². The van der Waals surface area contributed by atoms with Gasteiger partial charge in [-0.2, -0.15) is 0 Å². The van der Waals surface area contributed by atoms with E-state index < -0.39 is 7.12 Å². The van der Waals surface area contributed by atoms with Gasteiger partial charge >= 0.3 is 7.12 Å². The van der Waals surface area contributed by atoms with E-state index >= 15 is 0 Å². The Labute approximate surface area is 85.9 Å². The van der Waals surface area contributed by atoms with E-state index in [1.165, 1.54) is 11.3 Å². The van der Waals surface area contributed by atoms with Gasteiger partial charge in [-0.3, -0.25) is 0 Å². The van der Waals surface area contributed by atoms with Gasteiger partial charge < -0.3 is 15.8 Å². The molecular weight excluding hydrogens is 197 g/mol. The van der Waals surface area contributed by atoms with Crippen LogP contribution in [0.1, 0.15) is 4.88 Å². The fourth-order valence-electron chi connectivity index (χ4n) is 1.63. The Hall–Kier alpha value is -1.04. The number of anilines is 1. The van der Waals surface area contributed by atoms with E-state index in [-0.39, 0.29) is 0 Å². The van der Waals surface area contributed by atoms with Crippen molar-refractivity contribution in [3.63, 3.8) is 0 Å². The molecule has 4 N–H and O–H groups in total. The molecule has 0 amide bonds. The van der Waals surface area contributed by atoms with Crippen LogP contribution < -0.4 is 11.2 Å². The average molecular weight is 207 g/mol. The highest BCUT2D eigenvalue weighted by atomic mass is 32.1. The molecule has 14 heavy (non-hydrogen) atoms. The number of nitrogens with two attached hydrogens (primary N) is 1. The number of fused-ring (bicyclic) bond motifs is 1. The number of nitrogen functional groups attached to an aromatic ring is 1. The highest BCUT2D eigenvalue weighted by molar-refractivity contribution is 7.20. The van der Waals surface area contributed by atoms with Crippen LogP contribution in [0.5, 0.6) is 0 Å². The summed E-state index contributed by atoms with van der Waals surface area (Å²) in [5.41, 5.74) is 6.92. The van der Waals surface area contributed by atoms with Gasteiger partial charge in [0.25, 0.3) is 0 Å². The lowest BCUT2D eigenvalue weighted by Gasteiger charge is -2.01. The lowest BCUT2D eigenvalue weighted by molar-refractivity contribution is 0.426. The van der Waals surface area contributed by atoms with E-state index in [4.69, 9.17) is 5.73 Å². The minimum absolute atomic E-state index is 0.531. The van der Waals surface area contributed by atoms with Gasteiger partial charge in [0.15, 0.2) is 0 Å². The Morgan fingerprint density at radius 3 is 2.71 bits per heavy atom. The van der Waals surface area contributed by atoms with E-state index in [9.17, 15) is 10.0 Å². The molecule has 0 fully saturated rings. The van der Waals surface area contributed by atoms with Crippen molar-refractivity contribution < 1.29 is 10.0 Å². The summed E-state index contributed by atoms with van der Waals surface area (Å²) >= 11 is 1.52. The third-order valence-electron chi connectivity index (χ3n) is 2.23. The Balaban J connectivity index is 2.86. The van der Waals surface area contributed by atoms with Gasteiger partial charge in [0.2, 0.25) is 0 Å². The summed E-state index contributed by atoms with van der Waals surface area (Å²) < 4.78 is 0.991. The van der Waals surface area contributed by atoms with Gasteiger partial charge in [-0.1, -0.05) is 6.07 Å². The smallest absolute Gasteiger partial charge is 0.423 e. The topological polar surface area (TPSA) is 66.5 Å². The summed E-state index contributed by atoms with van der Waals surface area (Å²) in [5.74, 6) is 0. The second-order valence-electron chi connectivity index (χ2n) is 3.17. The standard InChI is InChI=1S/C9H10BNO2S/c1-5-9(10(12)13)8-6(11)3-2-4-7(8)14-5/h2-4,12-13H,11H2,1H3. The second kappa shape index (κ2) is 3.27. The molecule has 0 aliphatic carbocycles. The third-order valence-corrected chi connectivity index (χ3v) is 3.31. The van der Waals surface area contributed by atoms with Crippen LogP contribution in [-0.2, 0) is 0 Å². The Bertz CT molecular complexity index is 481. The van der Waals surface area contributed by atoms with Gasteiger partial charge in [-0.05, 0) is 19.1 Å². The molecule has 1 aromatic heterocycles. The maximum Gasteiger partial charge on any atom is 0.490 e. The van der Waals surface area contributed by atoms with Crippen LogP contribution in [0.4, 0.5) is 5.69 Å². The van der Waals surface area contributed by atoms with Crippen molar-refractivity contribution in [2.45, 2.75) is 6.92 Å². The van der Waals surface area contributed by atoms with Gasteiger partial charge in [-0.25, -0.2) is 0 Å². The molecule has 0 bridgehead atoms. The molecule has 2 rings (SSSR count). The molecule has 0 aliphatic heterocycles. The van der Waals surface area contributed by atoms with E-state index in [0.29, 0.717) is 11.2 Å². The summed E-state index contributed by atoms with van der Waals surface area (Å²) in [6.45, 7) is 1.86. The van der Waals surface area contributed by atoms with Gasteiger partial charge in [0.05, 0.1) is 0 Å². The Morgan fingerprint density at radius 1 is 1.36 bits per heavy atom. The fraction of sp³-hybridized carbons (Fsp3) is 0.111. The van der Waals surface area contributed by atoms with Crippen molar-refractivity contribution >= 4 is 39.7 Å². The normalized spacial score (nSPS) is 10.8. The zero-order valence-corrected chi connectivity index (χ0v) is 8.51. The zero-order chi connectivity index (χ0) is 10.3. The average Bonchev–Trinajstić information content (AvgIpc) is 2.42. The van der Waals surface area contributed by atoms with Crippen LogP contribution >= 0.6 is 11.3 Å². The van der Waals surface area contributed by atoms with Crippen molar-refractivity contribution in [3.05, 3.63) is 23.1 Å². The minimum atomic E-state index is -1.45. The first-order chi connectivity index (χ1) is 6.61. The van der Waals surface area contributed by atoms with E-state index in [0.717, 1.165) is 15.0 Å². The molecular formula is C9H10BNO2S. The number of rotatable bonds is 1. The van der Waals surface area contributed by atoms with Crippen LogP contribution in [0.25, 0.3) is 10.1 Å². The molecule has 0 saturated carbocycles. The number of hydrogen-bond donors (Lipinski definition) is 3. The molecule has 0 unspecified atom stereocenters. The Kier molecular flexibility index (Phi) is 2.22. The molecule has 0 spiro atoms. The van der Waals surface area contributed by atoms with Crippen LogP contribution in [0.15, 0.2) is 18.2 Å². The first-order valence-electron chi connectivity index (χ1n) is 4.25. The lowest BCUT2D eigenvalue weighted by Crippen LogP contribution is -2.31. The molecule has 3 nitrogen and oxygen atoms in total. The predicted molar refractivity (Wildman–Crippen MR) is 60.8 cm³/mol. The Morgan fingerprint density at radius 2 is 2.07 bits per heavy atom. The van der Waals surface area contributed by atoms with Crippen LogP contribution in [-0.4, -0.2) is 17.2 Å². The van der Waals surface area contributed by atoms with Gasteiger partial charge in [-0.15, -0.1) is 11.3 Å². The largest absolute Gasteiger partial charge is 0.490 e. The number of thiophene rings is 1. The van der Waals surface area contributed by atoms with Crippen LogP contribution in [0, 0.1) is 6.92 Å². The first-order valence-corrected chi connectivity index (χ1v) is 5.06. The molecule has 1 heterocycles. The summed E-state index contributed by atoms with van der Waals surface area (Å²) in [7, 11) is -1.45. The van der Waals surface area contributed by atoms with Crippen molar-refractivity contribution in [2.75, 3.05) is 5.73 Å². The van der Waals surface area contributed by atoms with Gasteiger partial charge in [0, 0.05) is 26.1 Å². The zero-order valence-electron chi connectivity index (χ0n) is 7.69. The number of benzene rings is 1. The highest BCUT2D eigenvalue weighted by Crippen LogP contribution is 2.27. The molecule has 0 atom stereocenters. The van der Waals surface area contributed by atoms with E-state index in [1.54, 1.807) is 6.07 Å². The minimum Gasteiger partial charge on any atom is -0.423 e. The molecule has 0 saturated heterocycles. The highest BCUT2D eigenvalue weighted by Gasteiger charge is 2.21. The van der Waals surface area contributed by atoms with Crippen molar-refractivity contribution in [1.82, 2.24) is 0 Å². The maximum atomic E-state index is 9.22. The number of hydrogen-bond acceptors (Lipinski definition) is 4. The molecule has 72 valence electrons. The second-order valence-corrected chi connectivity index (χ2v) is 4.42. The summed E-state index contributed by atoms with van der Waals surface area (Å²) in [6, 6.07) is 5.55. The lowest BCUT2D eigenvalue weighted by atomic mass is 9.78. The fourth-order valence-corrected chi connectivity index (χ4v) is 2.75. The molecule has 1 aromatic carbocycles. The molecule has 0 aliphatic rings. The van der Waals surface area contributed by atoms with E-state index in [1.807, 2.05) is 19.1 Å². The first kappa shape index (κ1) is 9.52. The van der Waals surface area contributed by atoms with Crippen molar-refractivity contribution in [2.24, 2.45) is 0 Å². The van der Waals surface area contributed by atoms with E-state index in [2.05, 4.69) is 0 Å². The molecule has 5 heteroatoms. The van der Waals surface area contributed by atoms with Gasteiger partial charge in [0.1, 0.15) is 0 Å². The molecule has 2 aromatic rings. The summed E-state index contributed by atoms with van der Waals surface area (Å²) in [5, 5.41) is 19.2. The number of aryl methyl sites for hydroxylation is 1. The van der Waals surface area contributed by atoms with Crippen molar-refractivity contribution in [3.8, 4) is 0 Å². The SMILES string of the molecule is Cc1sc2cccc(N)c2c1B(O)O. The van der Waals surface area contributed by atoms with Crippen LogP contribution in [0.3, 0.4) is 0 Å². The third kappa shape index (κ3) is 1.30. The molecule has 0 radical (unpaired) electrons. The summed E-state index contributed by atoms with van der Waals surface area (Å²) in [4.78, 5) is 0.896. The predicted octanol–water partition coefficient (Wildman–Crippen LogP) is 0.472. The quantitative estimate of drug-likeness (QED) is 0.470. The maximum absolute atomic E-state index is 9.22. The van der Waals surface area contributed by atoms with Crippen LogP contribution in [0.2, 0.25) is 0 Å². The summed E-state index contributed by atoms with van der Waals surface area (Å²) in [6.07, 6.45) is 0. The monoisotopic (exact) mass is 207 g/mol.